The second kappa shape index (κ2) is 5.30. The van der Waals surface area contributed by atoms with Crippen LogP contribution >= 0.6 is 0 Å². The molecule has 3 rings (SSSR count). The van der Waals surface area contributed by atoms with Gasteiger partial charge in [0.05, 0.1) is 25.5 Å². The second-order valence-corrected chi connectivity index (χ2v) is 5.13. The molecule has 1 N–H and O–H groups in total. The van der Waals surface area contributed by atoms with Gasteiger partial charge >= 0.3 is 0 Å². The molecular formula is C13H19N3O3. The van der Waals surface area contributed by atoms with Crippen molar-refractivity contribution >= 4 is 5.91 Å². The largest absolute Gasteiger partial charge is 0.376 e. The third-order valence-electron chi connectivity index (χ3n) is 3.57. The predicted molar refractivity (Wildman–Crippen MR) is 67.8 cm³/mol. The molecule has 0 saturated carbocycles. The summed E-state index contributed by atoms with van der Waals surface area (Å²) in [7, 11) is 0. The monoisotopic (exact) mass is 265 g/mol. The van der Waals surface area contributed by atoms with Gasteiger partial charge in [0, 0.05) is 25.2 Å². The Labute approximate surface area is 112 Å². The molecule has 2 aliphatic heterocycles. The number of nitrogens with one attached hydrogen (secondary N) is 1. The number of aryl methyl sites for hydroxylation is 2. The summed E-state index contributed by atoms with van der Waals surface area (Å²) in [5.41, 5.74) is 1.03. The summed E-state index contributed by atoms with van der Waals surface area (Å²) in [6.45, 7) is 4.20. The van der Waals surface area contributed by atoms with Gasteiger partial charge in [-0.05, 0) is 13.3 Å². The molecule has 1 aromatic rings. The summed E-state index contributed by atoms with van der Waals surface area (Å²) in [5, 5.41) is 3.05. The fourth-order valence-corrected chi connectivity index (χ4v) is 2.64. The summed E-state index contributed by atoms with van der Waals surface area (Å²) >= 11 is 0. The van der Waals surface area contributed by atoms with Crippen LogP contribution in [0.2, 0.25) is 0 Å². The Balaban J connectivity index is 1.57. The standard InChI is InChI=1S/C13H19N3O3/c1-9-6-16-7-10(2-3-12(16)14-9)15-13(17)11-8-18-4-5-19-11/h6,10-11H,2-5,7-8H2,1H3,(H,15,17)/t10-,11-/m1/s1. The van der Waals surface area contributed by atoms with Crippen molar-refractivity contribution in [2.24, 2.45) is 0 Å². The van der Waals surface area contributed by atoms with Crippen molar-refractivity contribution < 1.29 is 14.3 Å². The van der Waals surface area contributed by atoms with E-state index in [2.05, 4.69) is 14.9 Å². The number of amides is 1. The van der Waals surface area contributed by atoms with E-state index in [4.69, 9.17) is 9.47 Å². The Bertz CT molecular complexity index is 466. The molecule has 2 atom stereocenters. The number of ether oxygens (including phenoxy) is 2. The van der Waals surface area contributed by atoms with Gasteiger partial charge in [0.2, 0.25) is 0 Å². The fraction of sp³-hybridized carbons (Fsp3) is 0.692. The van der Waals surface area contributed by atoms with Crippen LogP contribution in [0.1, 0.15) is 17.9 Å². The molecule has 0 aromatic carbocycles. The van der Waals surface area contributed by atoms with Crippen LogP contribution in [-0.4, -0.2) is 47.4 Å². The average Bonchev–Trinajstić information content (AvgIpc) is 2.79. The lowest BCUT2D eigenvalue weighted by Crippen LogP contribution is -2.49. The van der Waals surface area contributed by atoms with Gasteiger partial charge in [0.15, 0.2) is 6.10 Å². The minimum absolute atomic E-state index is 0.0648. The van der Waals surface area contributed by atoms with Crippen LogP contribution in [0, 0.1) is 6.92 Å². The number of hydrogen-bond donors (Lipinski definition) is 1. The molecule has 6 nitrogen and oxygen atoms in total. The first-order valence-corrected chi connectivity index (χ1v) is 6.75. The maximum Gasteiger partial charge on any atom is 0.251 e. The number of nitrogens with zero attached hydrogens (tertiary/aromatic N) is 2. The van der Waals surface area contributed by atoms with E-state index in [9.17, 15) is 4.79 Å². The van der Waals surface area contributed by atoms with Gasteiger partial charge in [0.25, 0.3) is 5.91 Å². The number of carbonyl (C=O) groups is 1. The smallest absolute Gasteiger partial charge is 0.251 e. The molecule has 19 heavy (non-hydrogen) atoms. The zero-order valence-electron chi connectivity index (χ0n) is 11.1. The van der Waals surface area contributed by atoms with E-state index in [0.717, 1.165) is 30.9 Å². The van der Waals surface area contributed by atoms with Crippen LogP contribution in [0.15, 0.2) is 6.20 Å². The normalized spacial score (nSPS) is 26.8. The lowest BCUT2D eigenvalue weighted by molar-refractivity contribution is -0.148. The molecule has 0 spiro atoms. The molecule has 6 heteroatoms. The van der Waals surface area contributed by atoms with Crippen LogP contribution < -0.4 is 5.32 Å². The number of carbonyl (C=O) groups excluding carboxylic acids is 1. The van der Waals surface area contributed by atoms with Crippen LogP contribution in [0.4, 0.5) is 0 Å². The zero-order valence-corrected chi connectivity index (χ0v) is 11.1. The topological polar surface area (TPSA) is 65.4 Å². The van der Waals surface area contributed by atoms with Crippen LogP contribution in [0.3, 0.4) is 0 Å². The van der Waals surface area contributed by atoms with Crippen LogP contribution in [0.5, 0.6) is 0 Å². The van der Waals surface area contributed by atoms with Gasteiger partial charge in [-0.15, -0.1) is 0 Å². The Morgan fingerprint density at radius 2 is 2.42 bits per heavy atom. The Morgan fingerprint density at radius 1 is 1.53 bits per heavy atom. The SMILES string of the molecule is Cc1cn2c(n1)CC[C@@H](NC(=O)[C@H]1COCCO1)C2. The summed E-state index contributed by atoms with van der Waals surface area (Å²) in [5.74, 6) is 1.05. The molecule has 1 saturated heterocycles. The van der Waals surface area contributed by atoms with E-state index < -0.39 is 6.10 Å². The van der Waals surface area contributed by atoms with Crippen LogP contribution in [-0.2, 0) is 27.2 Å². The molecule has 2 aliphatic rings. The highest BCUT2D eigenvalue weighted by molar-refractivity contribution is 5.81. The Morgan fingerprint density at radius 3 is 3.21 bits per heavy atom. The minimum Gasteiger partial charge on any atom is -0.376 e. The van der Waals surface area contributed by atoms with Crippen molar-refractivity contribution in [1.29, 1.82) is 0 Å². The maximum absolute atomic E-state index is 12.0. The van der Waals surface area contributed by atoms with Crippen molar-refractivity contribution in [3.05, 3.63) is 17.7 Å². The molecule has 0 radical (unpaired) electrons. The van der Waals surface area contributed by atoms with Crippen LogP contribution in [0.25, 0.3) is 0 Å². The number of hydrogen-bond acceptors (Lipinski definition) is 4. The van der Waals surface area contributed by atoms with Crippen molar-refractivity contribution in [2.45, 2.75) is 38.5 Å². The number of aromatic nitrogens is 2. The first-order valence-electron chi connectivity index (χ1n) is 6.75. The minimum atomic E-state index is -0.459. The van der Waals surface area contributed by atoms with E-state index >= 15 is 0 Å². The predicted octanol–water partition coefficient (Wildman–Crippen LogP) is 0.0379. The van der Waals surface area contributed by atoms with Crippen molar-refractivity contribution in [2.75, 3.05) is 19.8 Å². The molecule has 0 unspecified atom stereocenters. The first-order chi connectivity index (χ1) is 9.22. The molecule has 1 fully saturated rings. The number of rotatable bonds is 2. The average molecular weight is 265 g/mol. The Hall–Kier alpha value is -1.40. The van der Waals surface area contributed by atoms with Crippen molar-refractivity contribution in [1.82, 2.24) is 14.9 Å². The van der Waals surface area contributed by atoms with Gasteiger partial charge in [0.1, 0.15) is 5.82 Å². The van der Waals surface area contributed by atoms with E-state index in [1.165, 1.54) is 0 Å². The third-order valence-corrected chi connectivity index (χ3v) is 3.57. The fourth-order valence-electron chi connectivity index (χ4n) is 2.64. The first kappa shape index (κ1) is 12.6. The quantitative estimate of drug-likeness (QED) is 0.820. The number of fused-ring (bicyclic) bond motifs is 1. The number of imidazole rings is 1. The summed E-state index contributed by atoms with van der Waals surface area (Å²) in [6.07, 6.45) is 3.41. The summed E-state index contributed by atoms with van der Waals surface area (Å²) in [4.78, 5) is 16.5. The van der Waals surface area contributed by atoms with E-state index in [0.29, 0.717) is 19.8 Å². The Kier molecular flexibility index (Phi) is 3.52. The van der Waals surface area contributed by atoms with E-state index in [-0.39, 0.29) is 11.9 Å². The molecular weight excluding hydrogens is 246 g/mol. The van der Waals surface area contributed by atoms with Gasteiger partial charge in [-0.3, -0.25) is 4.79 Å². The summed E-state index contributed by atoms with van der Waals surface area (Å²) in [6, 6.07) is 0.152. The second-order valence-electron chi connectivity index (χ2n) is 5.13. The summed E-state index contributed by atoms with van der Waals surface area (Å²) < 4.78 is 12.8. The molecule has 0 aliphatic carbocycles. The zero-order chi connectivity index (χ0) is 13.2. The molecule has 0 bridgehead atoms. The highest BCUT2D eigenvalue weighted by Gasteiger charge is 2.27. The molecule has 104 valence electrons. The lowest BCUT2D eigenvalue weighted by atomic mass is 10.1. The van der Waals surface area contributed by atoms with E-state index in [1.54, 1.807) is 0 Å². The third kappa shape index (κ3) is 2.79. The highest BCUT2D eigenvalue weighted by atomic mass is 16.6. The van der Waals surface area contributed by atoms with Gasteiger partial charge in [-0.25, -0.2) is 4.98 Å². The molecule has 3 heterocycles. The molecule has 1 amide bonds. The van der Waals surface area contributed by atoms with E-state index in [1.807, 2.05) is 13.1 Å². The van der Waals surface area contributed by atoms with Crippen molar-refractivity contribution in [3.63, 3.8) is 0 Å². The van der Waals surface area contributed by atoms with Gasteiger partial charge in [-0.2, -0.15) is 0 Å². The van der Waals surface area contributed by atoms with Crippen molar-refractivity contribution in [3.8, 4) is 0 Å². The molecule has 1 aromatic heterocycles. The van der Waals surface area contributed by atoms with Gasteiger partial charge < -0.3 is 19.4 Å². The van der Waals surface area contributed by atoms with Gasteiger partial charge in [-0.1, -0.05) is 0 Å². The highest BCUT2D eigenvalue weighted by Crippen LogP contribution is 2.15. The maximum atomic E-state index is 12.0. The lowest BCUT2D eigenvalue weighted by Gasteiger charge is -2.28.